The zero-order valence-electron chi connectivity index (χ0n) is 25.0. The lowest BCUT2D eigenvalue weighted by Gasteiger charge is -2.31. The summed E-state index contributed by atoms with van der Waals surface area (Å²) in [5.74, 6) is -2.01. The summed E-state index contributed by atoms with van der Waals surface area (Å²) in [7, 11) is -3.62. The van der Waals surface area contributed by atoms with Crippen LogP contribution in [0.4, 0.5) is 19.0 Å². The summed E-state index contributed by atoms with van der Waals surface area (Å²) in [6.45, 7) is 0.785. The summed E-state index contributed by atoms with van der Waals surface area (Å²) in [5.41, 5.74) is 4.23. The summed E-state index contributed by atoms with van der Waals surface area (Å²) in [5, 5.41) is 30.2. The molecule has 4 aromatic carbocycles. The molecule has 0 bridgehead atoms. The molecule has 0 atom stereocenters. The van der Waals surface area contributed by atoms with Gasteiger partial charge in [-0.3, -0.25) is 5.10 Å². The number of phenolic OH excluding ortho intramolecular Hbond substituents is 1. The van der Waals surface area contributed by atoms with Crippen LogP contribution in [0.15, 0.2) is 95.9 Å². The van der Waals surface area contributed by atoms with Crippen molar-refractivity contribution in [1.82, 2.24) is 14.5 Å². The summed E-state index contributed by atoms with van der Waals surface area (Å²) in [4.78, 5) is 9.08. The number of aromatic nitrogens is 2. The maximum atomic E-state index is 13.1. The molecule has 0 unspecified atom stereocenters. The highest BCUT2D eigenvalue weighted by Gasteiger charge is 2.38. The number of aliphatic carboxylic acids is 1. The highest BCUT2D eigenvalue weighted by atomic mass is 35.5. The normalized spacial score (nSPS) is 14.5. The Morgan fingerprint density at radius 2 is 1.38 bits per heavy atom. The number of rotatable bonds is 7. The van der Waals surface area contributed by atoms with Crippen LogP contribution in [0.2, 0.25) is 10.0 Å². The molecule has 252 valence electrons. The van der Waals surface area contributed by atoms with Gasteiger partial charge in [0.25, 0.3) is 0 Å². The van der Waals surface area contributed by atoms with Crippen molar-refractivity contribution in [2.45, 2.75) is 35.9 Å². The molecule has 1 saturated heterocycles. The number of phenols is 1. The van der Waals surface area contributed by atoms with E-state index in [1.54, 1.807) is 0 Å². The fraction of sp³-hybridized carbons (Fsp3) is 0.212. The smallest absolute Gasteiger partial charge is 0.490 e. The maximum Gasteiger partial charge on any atom is 0.490 e. The van der Waals surface area contributed by atoms with E-state index in [0.717, 1.165) is 33.4 Å². The number of alkyl halides is 3. The summed E-state index contributed by atoms with van der Waals surface area (Å²) >= 11 is 12.4. The number of hydrogen-bond donors (Lipinski definition) is 4. The number of hydrogen-bond acceptors (Lipinski definition) is 6. The Balaban J connectivity index is 0.000000582. The van der Waals surface area contributed by atoms with Gasteiger partial charge >= 0.3 is 12.1 Å². The Kier molecular flexibility index (Phi) is 10.5. The molecular formula is C33H29Cl2F3N4O5S. The molecule has 5 aromatic rings. The molecule has 4 N–H and O–H groups in total. The first kappa shape index (κ1) is 35.0. The topological polar surface area (TPSA) is 136 Å². The van der Waals surface area contributed by atoms with Crippen LogP contribution in [-0.2, 0) is 14.8 Å². The predicted octanol–water partition coefficient (Wildman–Crippen LogP) is 7.65. The largest absolute Gasteiger partial charge is 0.508 e. The number of anilines is 1. The third kappa shape index (κ3) is 8.21. The fourth-order valence-electron chi connectivity index (χ4n) is 5.41. The van der Waals surface area contributed by atoms with E-state index in [0.29, 0.717) is 36.0 Å². The molecule has 1 aliphatic heterocycles. The SMILES string of the molecule is O=C(O)C(F)(F)F.O=S(=O)(c1ccc(O)cc1)N1CCC(Nc2n[nH]c3ccc(C(c4ccc(Cl)cc4)c4ccc(Cl)cc4)cc23)CC1. The number of nitrogens with one attached hydrogen (secondary N) is 2. The highest BCUT2D eigenvalue weighted by molar-refractivity contribution is 7.89. The molecule has 0 amide bonds. The molecule has 1 aliphatic rings. The van der Waals surface area contributed by atoms with Crippen molar-refractivity contribution < 1.29 is 36.6 Å². The number of H-pyrrole nitrogens is 1. The second kappa shape index (κ2) is 14.4. The minimum absolute atomic E-state index is 0.0360. The Hall–Kier alpha value is -4.30. The van der Waals surface area contributed by atoms with Gasteiger partial charge in [0.2, 0.25) is 10.0 Å². The van der Waals surface area contributed by atoms with Crippen LogP contribution in [0.25, 0.3) is 10.9 Å². The van der Waals surface area contributed by atoms with Crippen molar-refractivity contribution in [3.63, 3.8) is 0 Å². The lowest BCUT2D eigenvalue weighted by Crippen LogP contribution is -2.42. The molecule has 2 heterocycles. The lowest BCUT2D eigenvalue weighted by atomic mass is 9.85. The number of aromatic hydroxyl groups is 1. The van der Waals surface area contributed by atoms with Gasteiger partial charge in [-0.1, -0.05) is 53.5 Å². The van der Waals surface area contributed by atoms with E-state index in [1.165, 1.54) is 28.6 Å². The Labute approximate surface area is 284 Å². The second-order valence-electron chi connectivity index (χ2n) is 11.0. The van der Waals surface area contributed by atoms with Crippen molar-refractivity contribution in [3.05, 3.63) is 118 Å². The molecule has 9 nitrogen and oxygen atoms in total. The van der Waals surface area contributed by atoms with Gasteiger partial charge in [0, 0.05) is 40.5 Å². The summed E-state index contributed by atoms with van der Waals surface area (Å²) in [6, 6.07) is 27.8. The first-order chi connectivity index (χ1) is 22.7. The molecule has 0 spiro atoms. The monoisotopic (exact) mass is 720 g/mol. The lowest BCUT2D eigenvalue weighted by molar-refractivity contribution is -0.192. The highest BCUT2D eigenvalue weighted by Crippen LogP contribution is 2.36. The van der Waals surface area contributed by atoms with Crippen LogP contribution in [-0.4, -0.2) is 64.4 Å². The van der Waals surface area contributed by atoms with Crippen LogP contribution in [0.1, 0.15) is 35.4 Å². The molecule has 1 fully saturated rings. The van der Waals surface area contributed by atoms with Gasteiger partial charge in [-0.05, 0) is 90.2 Å². The standard InChI is InChI=1S/C31H28Cl2N4O3S.C2HF3O2/c32-23-6-1-20(2-7-23)30(21-3-8-24(33)9-4-21)22-5-14-29-28(19-22)31(36-35-29)34-25-15-17-37(18-16-25)41(39,40)27-12-10-26(38)11-13-27;3-2(4,5)1(6)7/h1-14,19,25,30,38H,15-18H2,(H2,34,35,36);(H,6,7). The number of piperidine rings is 1. The fourth-order valence-corrected chi connectivity index (χ4v) is 7.13. The van der Waals surface area contributed by atoms with Crippen LogP contribution in [0.5, 0.6) is 5.75 Å². The molecule has 6 rings (SSSR count). The molecule has 0 radical (unpaired) electrons. The summed E-state index contributed by atoms with van der Waals surface area (Å²) in [6.07, 6.45) is -3.80. The minimum atomic E-state index is -5.08. The van der Waals surface area contributed by atoms with Gasteiger partial charge in [0.05, 0.1) is 10.4 Å². The average molecular weight is 722 g/mol. The van der Waals surface area contributed by atoms with Crippen molar-refractivity contribution in [2.75, 3.05) is 18.4 Å². The molecule has 48 heavy (non-hydrogen) atoms. The van der Waals surface area contributed by atoms with Crippen molar-refractivity contribution in [2.24, 2.45) is 0 Å². The van der Waals surface area contributed by atoms with Crippen LogP contribution < -0.4 is 5.32 Å². The predicted molar refractivity (Wildman–Crippen MR) is 177 cm³/mol. The number of halogens is 5. The van der Waals surface area contributed by atoms with Crippen molar-refractivity contribution in [1.29, 1.82) is 0 Å². The van der Waals surface area contributed by atoms with Gasteiger partial charge in [0.1, 0.15) is 5.75 Å². The number of carbonyl (C=O) groups is 1. The van der Waals surface area contributed by atoms with Gasteiger partial charge in [-0.15, -0.1) is 0 Å². The average Bonchev–Trinajstić information content (AvgIpc) is 3.45. The summed E-state index contributed by atoms with van der Waals surface area (Å²) < 4.78 is 59.4. The van der Waals surface area contributed by atoms with E-state index in [4.69, 9.17) is 33.1 Å². The van der Waals surface area contributed by atoms with Crippen LogP contribution >= 0.6 is 23.2 Å². The first-order valence-corrected chi connectivity index (χ1v) is 16.8. The van der Waals surface area contributed by atoms with E-state index < -0.39 is 22.2 Å². The number of nitrogens with zero attached hydrogens (tertiary/aromatic N) is 2. The van der Waals surface area contributed by atoms with E-state index in [1.807, 2.05) is 54.6 Å². The van der Waals surface area contributed by atoms with Crippen LogP contribution in [0.3, 0.4) is 0 Å². The molecule has 0 saturated carbocycles. The van der Waals surface area contributed by atoms with Gasteiger partial charge in [0.15, 0.2) is 5.82 Å². The van der Waals surface area contributed by atoms with Gasteiger partial charge in [-0.2, -0.15) is 22.6 Å². The third-order valence-electron chi connectivity index (χ3n) is 7.84. The van der Waals surface area contributed by atoms with E-state index >= 15 is 0 Å². The third-order valence-corrected chi connectivity index (χ3v) is 10.3. The zero-order valence-corrected chi connectivity index (χ0v) is 27.3. The minimum Gasteiger partial charge on any atom is -0.508 e. The Bertz CT molecular complexity index is 1940. The van der Waals surface area contributed by atoms with E-state index in [2.05, 4.69) is 27.6 Å². The molecule has 1 aromatic heterocycles. The van der Waals surface area contributed by atoms with E-state index in [9.17, 15) is 26.7 Å². The molecule has 15 heteroatoms. The first-order valence-electron chi connectivity index (χ1n) is 14.6. The zero-order chi connectivity index (χ0) is 34.6. The van der Waals surface area contributed by atoms with Crippen LogP contribution in [0, 0.1) is 0 Å². The number of carboxylic acids is 1. The second-order valence-corrected chi connectivity index (χ2v) is 13.8. The molecular weight excluding hydrogens is 692 g/mol. The van der Waals surface area contributed by atoms with Gasteiger partial charge in [-0.25, -0.2) is 13.2 Å². The van der Waals surface area contributed by atoms with E-state index in [-0.39, 0.29) is 22.6 Å². The van der Waals surface area contributed by atoms with Crippen molar-refractivity contribution >= 4 is 55.9 Å². The van der Waals surface area contributed by atoms with Gasteiger partial charge < -0.3 is 15.5 Å². The van der Waals surface area contributed by atoms with Crippen molar-refractivity contribution in [3.8, 4) is 5.75 Å². The maximum absolute atomic E-state index is 13.1. The number of aromatic amines is 1. The number of sulfonamides is 1. The number of fused-ring (bicyclic) bond motifs is 1. The number of benzene rings is 4. The quantitative estimate of drug-likeness (QED) is 0.127. The molecule has 0 aliphatic carbocycles. The Morgan fingerprint density at radius 1 is 0.875 bits per heavy atom. The number of carboxylic acid groups (broad SMARTS) is 1. The Morgan fingerprint density at radius 3 is 1.88 bits per heavy atom.